The number of halogens is 1. The number of carbonyl (C=O) groups excluding carboxylic acids is 4. The molecule has 11 nitrogen and oxygen atoms in total. The van der Waals surface area contributed by atoms with Crippen molar-refractivity contribution in [3.63, 3.8) is 0 Å². The Bertz CT molecular complexity index is 1330. The van der Waals surface area contributed by atoms with Crippen molar-refractivity contribution in [3.05, 3.63) is 65.5 Å². The number of carbonyl (C=O) groups is 4. The first-order chi connectivity index (χ1) is 20.4. The zero-order valence-electron chi connectivity index (χ0n) is 24.7. The second-order valence-corrected chi connectivity index (χ2v) is 11.2. The highest BCUT2D eigenvalue weighted by Gasteiger charge is 2.41. The summed E-state index contributed by atoms with van der Waals surface area (Å²) in [6.45, 7) is 7.18. The van der Waals surface area contributed by atoms with E-state index in [9.17, 15) is 28.8 Å². The molecule has 0 aromatic heterocycles. The summed E-state index contributed by atoms with van der Waals surface area (Å²) in [7, 11) is 0. The van der Waals surface area contributed by atoms with Gasteiger partial charge >= 0.3 is 18.0 Å². The lowest BCUT2D eigenvalue weighted by Crippen LogP contribution is -2.58. The van der Waals surface area contributed by atoms with Crippen molar-refractivity contribution >= 4 is 29.6 Å². The van der Waals surface area contributed by atoms with E-state index in [1.807, 2.05) is 17.0 Å². The predicted octanol–water partition coefficient (Wildman–Crippen LogP) is 3.60. The monoisotopic (exact) mass is 596 g/mol. The molecule has 0 bridgehead atoms. The Labute approximate surface area is 250 Å². The first-order valence-corrected chi connectivity index (χ1v) is 14.0. The number of nitriles is 1. The number of anilines is 1. The van der Waals surface area contributed by atoms with Crippen molar-refractivity contribution in [2.24, 2.45) is 5.92 Å². The van der Waals surface area contributed by atoms with E-state index in [1.165, 1.54) is 12.1 Å². The highest BCUT2D eigenvalue weighted by Crippen LogP contribution is 2.26. The fourth-order valence-electron chi connectivity index (χ4n) is 4.57. The number of ether oxygens (including phenoxy) is 3. The highest BCUT2D eigenvalue weighted by molar-refractivity contribution is 5.93. The highest BCUT2D eigenvalue weighted by atomic mass is 19.1. The third-order valence-corrected chi connectivity index (χ3v) is 6.60. The van der Waals surface area contributed by atoms with Gasteiger partial charge in [0, 0.05) is 26.6 Å². The van der Waals surface area contributed by atoms with Crippen LogP contribution in [0.4, 0.5) is 14.9 Å². The molecule has 230 valence electrons. The average molecular weight is 597 g/mol. The van der Waals surface area contributed by atoms with Crippen molar-refractivity contribution < 1.29 is 37.8 Å². The number of nitrogens with zero attached hydrogens (tertiary/aromatic N) is 2. The van der Waals surface area contributed by atoms with Crippen LogP contribution in [0.5, 0.6) is 0 Å². The molecule has 0 radical (unpaired) electrons. The fourth-order valence-corrected chi connectivity index (χ4v) is 4.57. The van der Waals surface area contributed by atoms with Crippen molar-refractivity contribution in [2.45, 2.75) is 64.9 Å². The average Bonchev–Trinajstić information content (AvgIpc) is 2.96. The molecule has 2 N–H and O–H groups in total. The minimum absolute atomic E-state index is 0.0329. The van der Waals surface area contributed by atoms with Gasteiger partial charge in [0.05, 0.1) is 11.3 Å². The summed E-state index contributed by atoms with van der Waals surface area (Å²) >= 11 is 0. The minimum atomic E-state index is -1.77. The quantitative estimate of drug-likeness (QED) is 0.310. The number of rotatable bonds is 10. The van der Waals surface area contributed by atoms with Crippen LogP contribution in [-0.2, 0) is 35.2 Å². The zero-order chi connectivity index (χ0) is 31.6. The maximum absolute atomic E-state index is 13.6. The van der Waals surface area contributed by atoms with Crippen LogP contribution in [0.15, 0.2) is 48.5 Å². The van der Waals surface area contributed by atoms with Crippen LogP contribution in [0, 0.1) is 23.1 Å². The van der Waals surface area contributed by atoms with E-state index in [0.29, 0.717) is 37.2 Å². The van der Waals surface area contributed by atoms with Crippen LogP contribution in [-0.4, -0.2) is 61.3 Å². The molecule has 0 unspecified atom stereocenters. The molecule has 43 heavy (non-hydrogen) atoms. The van der Waals surface area contributed by atoms with Crippen molar-refractivity contribution in [3.8, 4) is 6.07 Å². The topological polar surface area (TPSA) is 147 Å². The van der Waals surface area contributed by atoms with Crippen LogP contribution in [0.2, 0.25) is 0 Å². The van der Waals surface area contributed by atoms with Gasteiger partial charge in [0.1, 0.15) is 24.1 Å². The zero-order valence-corrected chi connectivity index (χ0v) is 24.7. The summed E-state index contributed by atoms with van der Waals surface area (Å²) in [5.74, 6) is -3.07. The number of hydrogen-bond donors (Lipinski definition) is 2. The molecule has 0 aliphatic carbocycles. The Morgan fingerprint density at radius 1 is 1.09 bits per heavy atom. The summed E-state index contributed by atoms with van der Waals surface area (Å²) in [6.07, 6.45) is -1.46. The molecular weight excluding hydrogens is 559 g/mol. The third kappa shape index (κ3) is 10.3. The first kappa shape index (κ1) is 32.8. The van der Waals surface area contributed by atoms with Gasteiger partial charge < -0.3 is 29.7 Å². The van der Waals surface area contributed by atoms with E-state index in [4.69, 9.17) is 14.2 Å². The molecular formula is C31H37FN4O7. The molecule has 12 heteroatoms. The molecule has 1 aliphatic rings. The van der Waals surface area contributed by atoms with Crippen LogP contribution in [0.25, 0.3) is 0 Å². The van der Waals surface area contributed by atoms with Crippen molar-refractivity contribution in [2.75, 3.05) is 24.5 Å². The number of hydrogen-bond acceptors (Lipinski definition) is 9. The maximum Gasteiger partial charge on any atom is 0.408 e. The van der Waals surface area contributed by atoms with E-state index >= 15 is 0 Å². The Hall–Kier alpha value is -4.66. The summed E-state index contributed by atoms with van der Waals surface area (Å²) in [6, 6.07) is 13.3. The number of nitrogens with one attached hydrogen (secondary N) is 2. The molecule has 2 amide bonds. The molecule has 1 heterocycles. The van der Waals surface area contributed by atoms with Gasteiger partial charge in [-0.2, -0.15) is 5.26 Å². The fraction of sp³-hybridized carbons (Fsp3) is 0.452. The van der Waals surface area contributed by atoms with E-state index in [1.54, 1.807) is 51.1 Å². The van der Waals surface area contributed by atoms with Crippen LogP contribution in [0.3, 0.4) is 0 Å². The van der Waals surface area contributed by atoms with Crippen molar-refractivity contribution in [1.82, 2.24) is 10.6 Å². The van der Waals surface area contributed by atoms with Gasteiger partial charge in [0.15, 0.2) is 6.04 Å². The summed E-state index contributed by atoms with van der Waals surface area (Å²) in [5.41, 5.74) is 0.634. The number of amides is 2. The Morgan fingerprint density at radius 2 is 1.77 bits per heavy atom. The van der Waals surface area contributed by atoms with Gasteiger partial charge in [0.25, 0.3) is 0 Å². The van der Waals surface area contributed by atoms with Crippen LogP contribution in [0.1, 0.15) is 51.7 Å². The number of benzene rings is 2. The summed E-state index contributed by atoms with van der Waals surface area (Å²) < 4.78 is 29.4. The standard InChI is InChI=1S/C31H37FN4O7/c1-20(37)42-27(29(39)43-31(2,3)4)26(35-30(40)41-19-22-8-6-5-7-9-22)28(38)34-18-21-12-14-36(15-13-21)25-11-10-24(32)16-23(25)17-33/h5-11,16,21,26-27H,12-15,18-19H2,1-4H3,(H,34,38)(H,35,40)/t26-,27-/m1/s1. The van der Waals surface area contributed by atoms with Gasteiger partial charge in [-0.05, 0) is 63.3 Å². The van der Waals surface area contributed by atoms with Crippen LogP contribution < -0.4 is 15.5 Å². The Kier molecular flexibility index (Phi) is 11.5. The molecule has 1 saturated heterocycles. The Morgan fingerprint density at radius 3 is 2.37 bits per heavy atom. The lowest BCUT2D eigenvalue weighted by Gasteiger charge is -2.34. The lowest BCUT2D eigenvalue weighted by atomic mass is 9.95. The van der Waals surface area contributed by atoms with Crippen molar-refractivity contribution in [1.29, 1.82) is 5.26 Å². The van der Waals surface area contributed by atoms with Gasteiger partial charge in [-0.25, -0.2) is 14.0 Å². The molecule has 0 spiro atoms. The van der Waals surface area contributed by atoms with E-state index in [0.717, 1.165) is 6.92 Å². The third-order valence-electron chi connectivity index (χ3n) is 6.60. The first-order valence-electron chi connectivity index (χ1n) is 14.0. The van der Waals surface area contributed by atoms with Gasteiger partial charge in [-0.15, -0.1) is 0 Å². The van der Waals surface area contributed by atoms with Crippen LogP contribution >= 0.6 is 0 Å². The molecule has 2 aromatic carbocycles. The number of alkyl carbamates (subject to hydrolysis) is 1. The predicted molar refractivity (Wildman–Crippen MR) is 154 cm³/mol. The summed E-state index contributed by atoms with van der Waals surface area (Å²) in [5, 5.41) is 14.5. The number of piperidine rings is 1. The van der Waals surface area contributed by atoms with Gasteiger partial charge in [-0.1, -0.05) is 30.3 Å². The second-order valence-electron chi connectivity index (χ2n) is 11.2. The molecule has 2 atom stereocenters. The molecule has 1 aliphatic heterocycles. The normalized spacial score (nSPS) is 14.9. The molecule has 3 rings (SSSR count). The molecule has 2 aromatic rings. The molecule has 1 fully saturated rings. The largest absolute Gasteiger partial charge is 0.457 e. The number of esters is 2. The van der Waals surface area contributed by atoms with E-state index < -0.39 is 47.5 Å². The SMILES string of the molecule is CC(=O)O[C@@H](C(=O)OC(C)(C)C)[C@@H](NC(=O)OCc1ccccc1)C(=O)NCC1CCN(c2ccc(F)cc2C#N)CC1. The van der Waals surface area contributed by atoms with Gasteiger partial charge in [0.2, 0.25) is 12.0 Å². The maximum atomic E-state index is 13.6. The lowest BCUT2D eigenvalue weighted by molar-refractivity contribution is -0.177. The second kappa shape index (κ2) is 15.0. The molecule has 0 saturated carbocycles. The summed E-state index contributed by atoms with van der Waals surface area (Å²) in [4.78, 5) is 53.1. The van der Waals surface area contributed by atoms with Gasteiger partial charge in [-0.3, -0.25) is 9.59 Å². The smallest absolute Gasteiger partial charge is 0.408 e. The van der Waals surface area contributed by atoms with E-state index in [2.05, 4.69) is 10.6 Å². The minimum Gasteiger partial charge on any atom is -0.457 e. The Balaban J connectivity index is 1.69. The van der Waals surface area contributed by atoms with E-state index in [-0.39, 0.29) is 24.6 Å².